The molecule has 4 unspecified atom stereocenters. The highest BCUT2D eigenvalue weighted by atomic mass is 127. The van der Waals surface area contributed by atoms with Crippen molar-refractivity contribution in [3.63, 3.8) is 0 Å². The van der Waals surface area contributed by atoms with Crippen LogP contribution in [0.15, 0.2) is 4.99 Å². The van der Waals surface area contributed by atoms with Gasteiger partial charge in [0.25, 0.3) is 0 Å². The van der Waals surface area contributed by atoms with E-state index in [0.29, 0.717) is 30.0 Å². The normalized spacial score (nSPS) is 31.0. The number of aliphatic imine (C=N–C) groups is 1. The van der Waals surface area contributed by atoms with Crippen molar-refractivity contribution >= 4 is 29.9 Å². The number of hydrogen-bond donors (Lipinski definition) is 2. The highest BCUT2D eigenvalue weighted by Gasteiger charge is 2.36. The molecule has 2 heterocycles. The molecule has 2 aliphatic rings. The van der Waals surface area contributed by atoms with Crippen molar-refractivity contribution in [2.75, 3.05) is 33.3 Å². The lowest BCUT2D eigenvalue weighted by Gasteiger charge is -2.40. The average Bonchev–Trinajstić information content (AvgIpc) is 2.92. The van der Waals surface area contributed by atoms with Crippen molar-refractivity contribution < 1.29 is 4.74 Å². The first kappa shape index (κ1) is 24.0. The number of guanidine groups is 1. The Bertz CT molecular complexity index is 450. The summed E-state index contributed by atoms with van der Waals surface area (Å²) in [7, 11) is 1.87. The molecule has 2 fully saturated rings. The van der Waals surface area contributed by atoms with Crippen molar-refractivity contribution in [3.05, 3.63) is 0 Å². The molecule has 5 nitrogen and oxygen atoms in total. The smallest absolute Gasteiger partial charge is 0.191 e. The Balaban J connectivity index is 0.00000338. The monoisotopic (exact) mass is 480 g/mol. The van der Waals surface area contributed by atoms with E-state index in [4.69, 9.17) is 4.74 Å². The second-order valence-electron chi connectivity index (χ2n) is 9.29. The molecular formula is C20H41IN4O. The summed E-state index contributed by atoms with van der Waals surface area (Å²) in [5, 5.41) is 7.22. The van der Waals surface area contributed by atoms with Crippen molar-refractivity contribution in [2.24, 2.45) is 22.2 Å². The van der Waals surface area contributed by atoms with Crippen LogP contribution in [0.3, 0.4) is 0 Å². The van der Waals surface area contributed by atoms with Crippen LogP contribution in [0, 0.1) is 17.3 Å². The number of nitrogens with zero attached hydrogens (tertiary/aromatic N) is 2. The quantitative estimate of drug-likeness (QED) is 0.368. The summed E-state index contributed by atoms with van der Waals surface area (Å²) in [6, 6.07) is 1.07. The van der Waals surface area contributed by atoms with E-state index in [2.05, 4.69) is 62.1 Å². The molecule has 0 saturated carbocycles. The fraction of sp³-hybridized carbons (Fsp3) is 0.950. The average molecular weight is 480 g/mol. The number of rotatable bonds is 4. The molecule has 0 aromatic heterocycles. The largest absolute Gasteiger partial charge is 0.377 e. The summed E-state index contributed by atoms with van der Waals surface area (Å²) in [6.45, 7) is 17.8. The fourth-order valence-corrected chi connectivity index (χ4v) is 4.22. The predicted octanol–water partition coefficient (Wildman–Crippen LogP) is 3.34. The third-order valence-electron chi connectivity index (χ3n) is 5.75. The fourth-order valence-electron chi connectivity index (χ4n) is 4.22. The molecule has 0 amide bonds. The summed E-state index contributed by atoms with van der Waals surface area (Å²) in [5.74, 6) is 2.11. The van der Waals surface area contributed by atoms with E-state index in [1.165, 1.54) is 6.42 Å². The van der Waals surface area contributed by atoms with E-state index in [9.17, 15) is 0 Å². The van der Waals surface area contributed by atoms with Crippen LogP contribution < -0.4 is 10.6 Å². The van der Waals surface area contributed by atoms with Crippen molar-refractivity contribution in [3.8, 4) is 0 Å². The van der Waals surface area contributed by atoms with Crippen molar-refractivity contribution in [1.82, 2.24) is 15.5 Å². The number of nitrogens with one attached hydrogen (secondary N) is 2. The van der Waals surface area contributed by atoms with Gasteiger partial charge in [0.15, 0.2) is 5.96 Å². The Labute approximate surface area is 178 Å². The summed E-state index contributed by atoms with van der Waals surface area (Å²) in [4.78, 5) is 7.00. The number of hydrogen-bond acceptors (Lipinski definition) is 3. The van der Waals surface area contributed by atoms with Gasteiger partial charge < -0.3 is 15.4 Å². The minimum Gasteiger partial charge on any atom is -0.377 e. The van der Waals surface area contributed by atoms with Gasteiger partial charge in [-0.3, -0.25) is 9.89 Å². The van der Waals surface area contributed by atoms with E-state index in [1.54, 1.807) is 0 Å². The molecule has 0 aliphatic carbocycles. The Morgan fingerprint density at radius 2 is 1.96 bits per heavy atom. The summed E-state index contributed by atoms with van der Waals surface area (Å²) >= 11 is 0. The minimum atomic E-state index is 0. The minimum absolute atomic E-state index is 0. The highest BCUT2D eigenvalue weighted by Crippen LogP contribution is 2.33. The Morgan fingerprint density at radius 1 is 1.27 bits per heavy atom. The molecule has 0 radical (unpaired) electrons. The SMILES string of the molecule is CN=C(NCC1CCCOC1C(C)(C)C)NC1CN(C(C)C)CC1C.I. The van der Waals surface area contributed by atoms with E-state index < -0.39 is 0 Å². The Hall–Kier alpha value is -0.0800. The van der Waals surface area contributed by atoms with Crippen LogP contribution in [-0.4, -0.2) is 62.3 Å². The summed E-state index contributed by atoms with van der Waals surface area (Å²) in [5.41, 5.74) is 0.182. The van der Waals surface area contributed by atoms with Gasteiger partial charge in [-0.2, -0.15) is 0 Å². The number of halogens is 1. The van der Waals surface area contributed by atoms with Crippen LogP contribution in [0.5, 0.6) is 0 Å². The number of ether oxygens (including phenoxy) is 1. The van der Waals surface area contributed by atoms with Crippen LogP contribution in [0.1, 0.15) is 54.4 Å². The lowest BCUT2D eigenvalue weighted by Crippen LogP contribution is -2.50. The molecule has 2 rings (SSSR count). The Kier molecular flexibility index (Phi) is 9.64. The second-order valence-corrected chi connectivity index (χ2v) is 9.29. The molecule has 26 heavy (non-hydrogen) atoms. The summed E-state index contributed by atoms with van der Waals surface area (Å²) in [6.07, 6.45) is 2.70. The molecule has 4 atom stereocenters. The van der Waals surface area contributed by atoms with Gasteiger partial charge in [-0.1, -0.05) is 27.7 Å². The number of likely N-dealkylation sites (tertiary alicyclic amines) is 1. The van der Waals surface area contributed by atoms with Gasteiger partial charge in [-0.25, -0.2) is 0 Å². The van der Waals surface area contributed by atoms with Crippen LogP contribution in [0.25, 0.3) is 0 Å². The molecule has 0 aromatic rings. The van der Waals surface area contributed by atoms with E-state index in [1.807, 2.05) is 7.05 Å². The second kappa shape index (κ2) is 10.5. The lowest BCUT2D eigenvalue weighted by molar-refractivity contribution is -0.0835. The molecule has 6 heteroatoms. The zero-order valence-corrected chi connectivity index (χ0v) is 20.2. The van der Waals surface area contributed by atoms with Gasteiger partial charge in [-0.15, -0.1) is 24.0 Å². The van der Waals surface area contributed by atoms with Gasteiger partial charge in [0.2, 0.25) is 0 Å². The van der Waals surface area contributed by atoms with Gasteiger partial charge in [-0.05, 0) is 38.0 Å². The predicted molar refractivity (Wildman–Crippen MR) is 121 cm³/mol. The molecule has 2 saturated heterocycles. The zero-order chi connectivity index (χ0) is 18.6. The van der Waals surface area contributed by atoms with Crippen molar-refractivity contribution in [2.45, 2.75) is 72.6 Å². The molecule has 0 bridgehead atoms. The third-order valence-corrected chi connectivity index (χ3v) is 5.75. The first-order valence-corrected chi connectivity index (χ1v) is 10.0. The molecule has 2 N–H and O–H groups in total. The maximum Gasteiger partial charge on any atom is 0.191 e. The molecule has 0 spiro atoms. The zero-order valence-electron chi connectivity index (χ0n) is 17.8. The van der Waals surface area contributed by atoms with Crippen LogP contribution in [-0.2, 0) is 4.74 Å². The van der Waals surface area contributed by atoms with Gasteiger partial charge in [0.05, 0.1) is 6.10 Å². The molecule has 2 aliphatic heterocycles. The molecule has 154 valence electrons. The molecule has 0 aromatic carbocycles. The first-order chi connectivity index (χ1) is 11.7. The maximum absolute atomic E-state index is 6.10. The standard InChI is InChI=1S/C20H40N4O.HI/c1-14(2)24-12-15(3)17(13-24)23-19(21-7)22-11-16-9-8-10-25-18(16)20(4,5)6;/h14-18H,8-13H2,1-7H3,(H2,21,22,23);1H. The van der Waals surface area contributed by atoms with E-state index in [-0.39, 0.29) is 29.4 Å². The van der Waals surface area contributed by atoms with E-state index >= 15 is 0 Å². The maximum atomic E-state index is 6.10. The van der Waals surface area contributed by atoms with Gasteiger partial charge in [0, 0.05) is 51.3 Å². The lowest BCUT2D eigenvalue weighted by atomic mass is 9.78. The van der Waals surface area contributed by atoms with Crippen LogP contribution >= 0.6 is 24.0 Å². The van der Waals surface area contributed by atoms with Gasteiger partial charge >= 0.3 is 0 Å². The Morgan fingerprint density at radius 3 is 2.50 bits per heavy atom. The van der Waals surface area contributed by atoms with Crippen LogP contribution in [0.4, 0.5) is 0 Å². The van der Waals surface area contributed by atoms with Crippen molar-refractivity contribution in [1.29, 1.82) is 0 Å². The van der Waals surface area contributed by atoms with Gasteiger partial charge in [0.1, 0.15) is 0 Å². The first-order valence-electron chi connectivity index (χ1n) is 10.0. The summed E-state index contributed by atoms with van der Waals surface area (Å²) < 4.78 is 6.10. The van der Waals surface area contributed by atoms with E-state index in [0.717, 1.165) is 38.6 Å². The topological polar surface area (TPSA) is 48.9 Å². The third kappa shape index (κ3) is 6.51. The molecular weight excluding hydrogens is 439 g/mol. The van der Waals surface area contributed by atoms with Crippen LogP contribution in [0.2, 0.25) is 0 Å². The highest BCUT2D eigenvalue weighted by molar-refractivity contribution is 14.0.